The minimum Gasteiger partial charge on any atom is -0.398 e. The van der Waals surface area contributed by atoms with E-state index in [4.69, 9.17) is 11.5 Å². The Hall–Kier alpha value is -2.10. The molecule has 0 aliphatic carbocycles. The van der Waals surface area contributed by atoms with Gasteiger partial charge in [0.25, 0.3) is 0 Å². The first-order valence-electron chi connectivity index (χ1n) is 4.69. The Morgan fingerprint density at radius 1 is 0.812 bits per heavy atom. The van der Waals surface area contributed by atoms with Crippen molar-refractivity contribution in [1.82, 2.24) is 0 Å². The summed E-state index contributed by atoms with van der Waals surface area (Å²) >= 11 is 0. The Balaban J connectivity index is 2.66. The number of anilines is 2. The molecule has 0 heterocycles. The summed E-state index contributed by atoms with van der Waals surface area (Å²) in [5.74, 6) is -2.00. The zero-order valence-electron chi connectivity index (χ0n) is 8.37. The molecule has 2 aromatic rings. The molecule has 82 valence electrons. The van der Waals surface area contributed by atoms with Crippen LogP contribution < -0.4 is 11.5 Å². The van der Waals surface area contributed by atoms with Crippen LogP contribution in [-0.4, -0.2) is 0 Å². The SMILES string of the molecule is Nc1ccccc1-c1ccc(F)c(F)c1N. The molecule has 16 heavy (non-hydrogen) atoms. The Kier molecular flexibility index (Phi) is 2.48. The summed E-state index contributed by atoms with van der Waals surface area (Å²) < 4.78 is 26.2. The maximum Gasteiger partial charge on any atom is 0.182 e. The number of benzene rings is 2. The standard InChI is InChI=1S/C12H10F2N2/c13-9-6-5-8(12(16)11(9)14)7-3-1-2-4-10(7)15/h1-6H,15-16H2. The number of nitrogen functional groups attached to an aromatic ring is 2. The third-order valence-electron chi connectivity index (χ3n) is 2.38. The van der Waals surface area contributed by atoms with E-state index in [-0.39, 0.29) is 5.69 Å². The minimum atomic E-state index is -1.04. The third-order valence-corrected chi connectivity index (χ3v) is 2.38. The number of halogens is 2. The second-order valence-corrected chi connectivity index (χ2v) is 3.41. The predicted molar refractivity (Wildman–Crippen MR) is 60.6 cm³/mol. The largest absolute Gasteiger partial charge is 0.398 e. The lowest BCUT2D eigenvalue weighted by Crippen LogP contribution is -1.99. The van der Waals surface area contributed by atoms with Crippen LogP contribution in [0.15, 0.2) is 36.4 Å². The zero-order chi connectivity index (χ0) is 11.7. The Morgan fingerprint density at radius 2 is 1.50 bits per heavy atom. The highest BCUT2D eigenvalue weighted by molar-refractivity contribution is 5.84. The molecule has 0 saturated heterocycles. The van der Waals surface area contributed by atoms with Crippen LogP contribution >= 0.6 is 0 Å². The quantitative estimate of drug-likeness (QED) is 0.726. The van der Waals surface area contributed by atoms with Gasteiger partial charge in [0.1, 0.15) is 0 Å². The molecule has 4 N–H and O–H groups in total. The molecule has 0 amide bonds. The van der Waals surface area contributed by atoms with E-state index in [0.29, 0.717) is 16.8 Å². The van der Waals surface area contributed by atoms with Crippen LogP contribution in [0.25, 0.3) is 11.1 Å². The van der Waals surface area contributed by atoms with Crippen molar-refractivity contribution in [2.45, 2.75) is 0 Å². The van der Waals surface area contributed by atoms with Gasteiger partial charge in [-0.25, -0.2) is 8.78 Å². The van der Waals surface area contributed by atoms with Gasteiger partial charge in [-0.2, -0.15) is 0 Å². The van der Waals surface area contributed by atoms with E-state index < -0.39 is 11.6 Å². The molecule has 2 aromatic carbocycles. The predicted octanol–water partition coefficient (Wildman–Crippen LogP) is 2.80. The maximum absolute atomic E-state index is 13.3. The first-order chi connectivity index (χ1) is 7.61. The molecule has 0 aliphatic heterocycles. The molecule has 0 bridgehead atoms. The van der Waals surface area contributed by atoms with Crippen LogP contribution in [0.5, 0.6) is 0 Å². The van der Waals surface area contributed by atoms with Gasteiger partial charge in [-0.15, -0.1) is 0 Å². The van der Waals surface area contributed by atoms with Crippen LogP contribution in [0.4, 0.5) is 20.2 Å². The van der Waals surface area contributed by atoms with Crippen LogP contribution in [0.3, 0.4) is 0 Å². The molecule has 0 fully saturated rings. The van der Waals surface area contributed by atoms with E-state index >= 15 is 0 Å². The van der Waals surface area contributed by atoms with Gasteiger partial charge in [0.2, 0.25) is 0 Å². The van der Waals surface area contributed by atoms with Gasteiger partial charge in [-0.1, -0.05) is 18.2 Å². The summed E-state index contributed by atoms with van der Waals surface area (Å²) in [4.78, 5) is 0. The normalized spacial score (nSPS) is 10.4. The van der Waals surface area contributed by atoms with Gasteiger partial charge in [0.15, 0.2) is 11.6 Å². The molecular weight excluding hydrogens is 210 g/mol. The number of hydrogen-bond donors (Lipinski definition) is 2. The fourth-order valence-electron chi connectivity index (χ4n) is 1.54. The van der Waals surface area contributed by atoms with Crippen molar-refractivity contribution >= 4 is 11.4 Å². The van der Waals surface area contributed by atoms with Gasteiger partial charge in [0, 0.05) is 16.8 Å². The molecule has 2 rings (SSSR count). The molecule has 0 spiro atoms. The average molecular weight is 220 g/mol. The van der Waals surface area contributed by atoms with Gasteiger partial charge >= 0.3 is 0 Å². The number of nitrogens with two attached hydrogens (primary N) is 2. The molecule has 4 heteroatoms. The van der Waals surface area contributed by atoms with Crippen molar-refractivity contribution in [2.24, 2.45) is 0 Å². The molecule has 0 aromatic heterocycles. The topological polar surface area (TPSA) is 52.0 Å². The summed E-state index contributed by atoms with van der Waals surface area (Å²) in [6.45, 7) is 0. The van der Waals surface area contributed by atoms with Crippen molar-refractivity contribution in [3.63, 3.8) is 0 Å². The monoisotopic (exact) mass is 220 g/mol. The lowest BCUT2D eigenvalue weighted by atomic mass is 10.0. The molecule has 0 saturated carbocycles. The first-order valence-corrected chi connectivity index (χ1v) is 4.69. The fourth-order valence-corrected chi connectivity index (χ4v) is 1.54. The van der Waals surface area contributed by atoms with E-state index in [9.17, 15) is 8.78 Å². The Labute approximate surface area is 91.5 Å². The van der Waals surface area contributed by atoms with E-state index in [2.05, 4.69) is 0 Å². The van der Waals surface area contributed by atoms with Gasteiger partial charge in [-0.3, -0.25) is 0 Å². The highest BCUT2D eigenvalue weighted by Gasteiger charge is 2.13. The highest BCUT2D eigenvalue weighted by atomic mass is 19.2. The van der Waals surface area contributed by atoms with Crippen molar-refractivity contribution < 1.29 is 8.78 Å². The van der Waals surface area contributed by atoms with Gasteiger partial charge in [0.05, 0.1) is 5.69 Å². The number of para-hydroxylation sites is 1. The molecule has 2 nitrogen and oxygen atoms in total. The smallest absolute Gasteiger partial charge is 0.182 e. The zero-order valence-corrected chi connectivity index (χ0v) is 8.37. The second kappa shape index (κ2) is 3.81. The maximum atomic E-state index is 13.3. The Morgan fingerprint density at radius 3 is 2.19 bits per heavy atom. The number of hydrogen-bond acceptors (Lipinski definition) is 2. The molecular formula is C12H10F2N2. The van der Waals surface area contributed by atoms with Crippen LogP contribution in [0.2, 0.25) is 0 Å². The van der Waals surface area contributed by atoms with Crippen LogP contribution in [0, 0.1) is 11.6 Å². The average Bonchev–Trinajstić information content (AvgIpc) is 2.28. The van der Waals surface area contributed by atoms with E-state index in [1.807, 2.05) is 0 Å². The Bertz CT molecular complexity index is 539. The summed E-state index contributed by atoms with van der Waals surface area (Å²) in [7, 11) is 0. The minimum absolute atomic E-state index is 0.224. The van der Waals surface area contributed by atoms with E-state index in [1.165, 1.54) is 6.07 Å². The van der Waals surface area contributed by atoms with Crippen molar-refractivity contribution in [3.05, 3.63) is 48.0 Å². The van der Waals surface area contributed by atoms with E-state index in [1.54, 1.807) is 24.3 Å². The summed E-state index contributed by atoms with van der Waals surface area (Å²) in [5.41, 5.74) is 12.5. The van der Waals surface area contributed by atoms with Crippen molar-refractivity contribution in [3.8, 4) is 11.1 Å². The summed E-state index contributed by atoms with van der Waals surface area (Å²) in [5, 5.41) is 0. The molecule has 0 atom stereocenters. The van der Waals surface area contributed by atoms with Gasteiger partial charge in [-0.05, 0) is 18.2 Å². The second-order valence-electron chi connectivity index (χ2n) is 3.41. The first kappa shape index (κ1) is 10.4. The third kappa shape index (κ3) is 1.58. The highest BCUT2D eigenvalue weighted by Crippen LogP contribution is 2.32. The van der Waals surface area contributed by atoms with Crippen molar-refractivity contribution in [2.75, 3.05) is 11.5 Å². The summed E-state index contributed by atoms with van der Waals surface area (Å²) in [6, 6.07) is 9.35. The number of rotatable bonds is 1. The summed E-state index contributed by atoms with van der Waals surface area (Å²) in [6.07, 6.45) is 0. The van der Waals surface area contributed by atoms with E-state index in [0.717, 1.165) is 6.07 Å². The molecule has 0 aliphatic rings. The molecule has 0 radical (unpaired) electrons. The van der Waals surface area contributed by atoms with Crippen LogP contribution in [-0.2, 0) is 0 Å². The fraction of sp³-hybridized carbons (Fsp3) is 0. The van der Waals surface area contributed by atoms with Crippen molar-refractivity contribution in [1.29, 1.82) is 0 Å². The lowest BCUT2D eigenvalue weighted by Gasteiger charge is -2.09. The molecule has 0 unspecified atom stereocenters. The lowest BCUT2D eigenvalue weighted by molar-refractivity contribution is 0.512. The van der Waals surface area contributed by atoms with Crippen LogP contribution in [0.1, 0.15) is 0 Å². The van der Waals surface area contributed by atoms with Gasteiger partial charge < -0.3 is 11.5 Å².